The molecule has 4 aromatic rings. The Balaban J connectivity index is 1.48. The number of hydrogen-bond donors (Lipinski definition) is 1. The number of carbonyl (C=O) groups excluding carboxylic acids is 1. The predicted octanol–water partition coefficient (Wildman–Crippen LogP) is 4.43. The molecule has 1 aliphatic heterocycles. The fraction of sp³-hybridized carbons (Fsp3) is 0.269. The normalized spacial score (nSPS) is 15.9. The van der Waals surface area contributed by atoms with Crippen LogP contribution in [-0.2, 0) is 0 Å². The molecule has 0 aliphatic carbocycles. The van der Waals surface area contributed by atoms with E-state index in [1.165, 1.54) is 12.1 Å². The monoisotopic (exact) mass is 471 g/mol. The number of carbonyl (C=O) groups is 1. The number of pyridine rings is 1. The standard InChI is InChI=1S/C26H26FN7O/c1-16-13-17(2)34(32-16)23-11-8-19(14-29-23)25(35)33-12-4-3-5-22(33)24-21(15-30-26(28)31-24)18-6-9-20(27)10-7-18/h6-11,13-15,22H,3-5,12H2,1-2H3,(H2,28,30,31). The lowest BCUT2D eigenvalue weighted by Crippen LogP contribution is -2.39. The van der Waals surface area contributed by atoms with Crippen molar-refractivity contribution in [3.63, 3.8) is 0 Å². The molecule has 0 bridgehead atoms. The highest BCUT2D eigenvalue weighted by atomic mass is 19.1. The summed E-state index contributed by atoms with van der Waals surface area (Å²) in [6, 6.07) is 11.4. The van der Waals surface area contributed by atoms with Crippen LogP contribution in [0.25, 0.3) is 16.9 Å². The van der Waals surface area contributed by atoms with Crippen LogP contribution in [0.4, 0.5) is 10.3 Å². The van der Waals surface area contributed by atoms with Crippen LogP contribution >= 0.6 is 0 Å². The minimum Gasteiger partial charge on any atom is -0.368 e. The van der Waals surface area contributed by atoms with Crippen molar-refractivity contribution >= 4 is 11.9 Å². The molecule has 1 aromatic carbocycles. The fourth-order valence-electron chi connectivity index (χ4n) is 4.64. The van der Waals surface area contributed by atoms with Gasteiger partial charge in [0.15, 0.2) is 5.82 Å². The summed E-state index contributed by atoms with van der Waals surface area (Å²) >= 11 is 0. The van der Waals surface area contributed by atoms with Crippen LogP contribution < -0.4 is 5.73 Å². The van der Waals surface area contributed by atoms with E-state index in [1.54, 1.807) is 41.3 Å². The minimum atomic E-state index is -0.322. The Labute approximate surface area is 202 Å². The van der Waals surface area contributed by atoms with E-state index >= 15 is 0 Å². The molecule has 1 aliphatic rings. The first kappa shape index (κ1) is 22.6. The molecule has 1 unspecified atom stereocenters. The average molecular weight is 472 g/mol. The molecule has 2 N–H and O–H groups in total. The van der Waals surface area contributed by atoms with Gasteiger partial charge in [-0.25, -0.2) is 24.0 Å². The van der Waals surface area contributed by atoms with Crippen molar-refractivity contribution in [2.24, 2.45) is 0 Å². The zero-order valence-corrected chi connectivity index (χ0v) is 19.6. The summed E-state index contributed by atoms with van der Waals surface area (Å²) in [5.74, 6) is 0.353. The van der Waals surface area contributed by atoms with E-state index in [4.69, 9.17) is 5.73 Å². The van der Waals surface area contributed by atoms with Gasteiger partial charge in [0.05, 0.1) is 23.0 Å². The van der Waals surface area contributed by atoms with E-state index in [1.807, 2.05) is 24.8 Å². The van der Waals surface area contributed by atoms with Gasteiger partial charge in [-0.2, -0.15) is 5.10 Å². The summed E-state index contributed by atoms with van der Waals surface area (Å²) in [5.41, 5.74) is 10.5. The first-order valence-corrected chi connectivity index (χ1v) is 11.6. The molecule has 178 valence electrons. The number of anilines is 1. The summed E-state index contributed by atoms with van der Waals surface area (Å²) in [6.07, 6.45) is 5.83. The highest BCUT2D eigenvalue weighted by Gasteiger charge is 2.32. The highest BCUT2D eigenvalue weighted by molar-refractivity contribution is 5.94. The van der Waals surface area contributed by atoms with Gasteiger partial charge in [-0.3, -0.25) is 4.79 Å². The van der Waals surface area contributed by atoms with Crippen LogP contribution in [0, 0.1) is 19.7 Å². The zero-order chi connectivity index (χ0) is 24.5. The summed E-state index contributed by atoms with van der Waals surface area (Å²) in [6.45, 7) is 4.48. The summed E-state index contributed by atoms with van der Waals surface area (Å²) in [4.78, 5) is 28.6. The molecule has 3 aromatic heterocycles. The van der Waals surface area contributed by atoms with Crippen LogP contribution in [-0.4, -0.2) is 42.1 Å². The Morgan fingerprint density at radius 2 is 1.86 bits per heavy atom. The smallest absolute Gasteiger partial charge is 0.255 e. The molecule has 0 spiro atoms. The first-order valence-electron chi connectivity index (χ1n) is 11.6. The molecule has 0 saturated carbocycles. The lowest BCUT2D eigenvalue weighted by Gasteiger charge is -2.36. The molecule has 5 rings (SSSR count). The quantitative estimate of drug-likeness (QED) is 0.472. The van der Waals surface area contributed by atoms with E-state index < -0.39 is 0 Å². The van der Waals surface area contributed by atoms with E-state index in [0.29, 0.717) is 23.6 Å². The summed E-state index contributed by atoms with van der Waals surface area (Å²) in [7, 11) is 0. The third-order valence-electron chi connectivity index (χ3n) is 6.29. The van der Waals surface area contributed by atoms with E-state index in [2.05, 4.69) is 20.1 Å². The molecule has 0 radical (unpaired) electrons. The van der Waals surface area contributed by atoms with E-state index in [9.17, 15) is 9.18 Å². The molecule has 4 heterocycles. The van der Waals surface area contributed by atoms with Gasteiger partial charge in [0.2, 0.25) is 5.95 Å². The molecule has 1 saturated heterocycles. The maximum absolute atomic E-state index is 13.6. The predicted molar refractivity (Wildman–Crippen MR) is 130 cm³/mol. The van der Waals surface area contributed by atoms with E-state index in [-0.39, 0.29) is 23.7 Å². The van der Waals surface area contributed by atoms with Crippen molar-refractivity contribution in [2.75, 3.05) is 12.3 Å². The van der Waals surface area contributed by atoms with Crippen molar-refractivity contribution in [3.8, 4) is 16.9 Å². The third kappa shape index (κ3) is 4.49. The molecule has 35 heavy (non-hydrogen) atoms. The second-order valence-corrected chi connectivity index (χ2v) is 8.79. The number of amides is 1. The molecule has 8 nitrogen and oxygen atoms in total. The summed E-state index contributed by atoms with van der Waals surface area (Å²) < 4.78 is 15.3. The second-order valence-electron chi connectivity index (χ2n) is 8.79. The minimum absolute atomic E-state index is 0.121. The number of piperidine rings is 1. The second kappa shape index (κ2) is 9.25. The molecular formula is C26H26FN7O. The van der Waals surface area contributed by atoms with Crippen LogP contribution in [0.1, 0.15) is 52.7 Å². The van der Waals surface area contributed by atoms with Crippen molar-refractivity contribution in [2.45, 2.75) is 39.2 Å². The topological polar surface area (TPSA) is 103 Å². The zero-order valence-electron chi connectivity index (χ0n) is 19.6. The number of benzene rings is 1. The lowest BCUT2D eigenvalue weighted by atomic mass is 9.93. The van der Waals surface area contributed by atoms with Crippen molar-refractivity contribution in [1.29, 1.82) is 0 Å². The number of aryl methyl sites for hydroxylation is 2. The Bertz CT molecular complexity index is 1370. The van der Waals surface area contributed by atoms with Crippen LogP contribution in [0.5, 0.6) is 0 Å². The first-order chi connectivity index (χ1) is 16.9. The number of nitrogen functional groups attached to an aromatic ring is 1. The van der Waals surface area contributed by atoms with Gasteiger partial charge in [0, 0.05) is 30.2 Å². The Hall–Kier alpha value is -4.14. The molecule has 1 atom stereocenters. The van der Waals surface area contributed by atoms with Gasteiger partial charge in [-0.15, -0.1) is 0 Å². The lowest BCUT2D eigenvalue weighted by molar-refractivity contribution is 0.0606. The van der Waals surface area contributed by atoms with Gasteiger partial charge in [-0.1, -0.05) is 12.1 Å². The summed E-state index contributed by atoms with van der Waals surface area (Å²) in [5, 5.41) is 4.46. The number of likely N-dealkylation sites (tertiary alicyclic amines) is 1. The van der Waals surface area contributed by atoms with Crippen molar-refractivity contribution < 1.29 is 9.18 Å². The maximum atomic E-state index is 13.6. The Kier molecular flexibility index (Phi) is 5.98. The van der Waals surface area contributed by atoms with Crippen LogP contribution in [0.3, 0.4) is 0 Å². The van der Waals surface area contributed by atoms with Gasteiger partial charge in [0.25, 0.3) is 5.91 Å². The van der Waals surface area contributed by atoms with Gasteiger partial charge in [0.1, 0.15) is 5.82 Å². The molecular weight excluding hydrogens is 445 g/mol. The van der Waals surface area contributed by atoms with Gasteiger partial charge >= 0.3 is 0 Å². The van der Waals surface area contributed by atoms with Crippen LogP contribution in [0.2, 0.25) is 0 Å². The number of aromatic nitrogens is 5. The number of hydrogen-bond acceptors (Lipinski definition) is 6. The van der Waals surface area contributed by atoms with Gasteiger partial charge in [-0.05, 0) is 69.0 Å². The molecule has 9 heteroatoms. The number of nitrogens with zero attached hydrogens (tertiary/aromatic N) is 6. The van der Waals surface area contributed by atoms with Gasteiger partial charge < -0.3 is 10.6 Å². The largest absolute Gasteiger partial charge is 0.368 e. The fourth-order valence-corrected chi connectivity index (χ4v) is 4.64. The number of halogens is 1. The van der Waals surface area contributed by atoms with Crippen LogP contribution in [0.15, 0.2) is 54.9 Å². The maximum Gasteiger partial charge on any atom is 0.255 e. The SMILES string of the molecule is Cc1cc(C)n(-c2ccc(C(=O)N3CCCCC3c3nc(N)ncc3-c3ccc(F)cc3)cn2)n1. The third-order valence-corrected chi connectivity index (χ3v) is 6.29. The Morgan fingerprint density at radius 1 is 1.06 bits per heavy atom. The molecule has 1 fully saturated rings. The number of rotatable bonds is 4. The van der Waals surface area contributed by atoms with Crippen molar-refractivity contribution in [3.05, 3.63) is 83.3 Å². The molecule has 1 amide bonds. The highest BCUT2D eigenvalue weighted by Crippen LogP contribution is 2.36. The van der Waals surface area contributed by atoms with E-state index in [0.717, 1.165) is 41.8 Å². The number of nitrogens with two attached hydrogens (primary N) is 1. The Morgan fingerprint density at radius 3 is 2.54 bits per heavy atom. The average Bonchev–Trinajstić information content (AvgIpc) is 3.22. The van der Waals surface area contributed by atoms with Crippen molar-refractivity contribution in [1.82, 2.24) is 29.6 Å².